The molecule has 0 radical (unpaired) electrons. The number of hydrogen-bond acceptors (Lipinski definition) is 6. The second-order valence-electron chi connectivity index (χ2n) is 7.24. The quantitative estimate of drug-likeness (QED) is 0.823. The number of halogens is 1. The lowest BCUT2D eigenvalue weighted by Crippen LogP contribution is -2.49. The first-order chi connectivity index (χ1) is 13.8. The van der Waals surface area contributed by atoms with Gasteiger partial charge < -0.3 is 24.4 Å². The van der Waals surface area contributed by atoms with Crippen molar-refractivity contribution in [1.82, 2.24) is 15.4 Å². The van der Waals surface area contributed by atoms with Crippen LogP contribution in [0.5, 0.6) is 5.75 Å². The van der Waals surface area contributed by atoms with Crippen LogP contribution in [0.15, 0.2) is 22.7 Å². The molecule has 0 saturated carbocycles. The van der Waals surface area contributed by atoms with Crippen molar-refractivity contribution >= 4 is 17.6 Å². The van der Waals surface area contributed by atoms with E-state index in [1.54, 1.807) is 23.9 Å². The molecule has 1 aromatic heterocycles. The predicted molar refractivity (Wildman–Crippen MR) is 106 cm³/mol. The number of aromatic nitrogens is 1. The Hall–Kier alpha value is -3.10. The number of nitrogens with zero attached hydrogens (tertiary/aromatic N) is 3. The van der Waals surface area contributed by atoms with Gasteiger partial charge in [0.15, 0.2) is 23.1 Å². The Balaban J connectivity index is 1.98. The lowest BCUT2D eigenvalue weighted by Gasteiger charge is -2.33. The summed E-state index contributed by atoms with van der Waals surface area (Å²) in [6.07, 6.45) is 1.59. The minimum Gasteiger partial charge on any atom is -0.494 e. The molecule has 156 valence electrons. The molecule has 9 heteroatoms. The summed E-state index contributed by atoms with van der Waals surface area (Å²) >= 11 is 0. The molecular formula is C20H25FN4O4. The zero-order chi connectivity index (χ0) is 21.1. The largest absolute Gasteiger partial charge is 0.494 e. The van der Waals surface area contributed by atoms with Gasteiger partial charge in [-0.2, -0.15) is 0 Å². The Morgan fingerprint density at radius 1 is 1.38 bits per heavy atom. The summed E-state index contributed by atoms with van der Waals surface area (Å²) in [5, 5.41) is 6.93. The van der Waals surface area contributed by atoms with Crippen LogP contribution in [0.2, 0.25) is 0 Å². The van der Waals surface area contributed by atoms with Gasteiger partial charge in [0.25, 0.3) is 5.91 Å². The molecule has 0 spiro atoms. The van der Waals surface area contributed by atoms with Gasteiger partial charge in [-0.3, -0.25) is 9.59 Å². The summed E-state index contributed by atoms with van der Waals surface area (Å²) < 4.78 is 24.4. The average molecular weight is 404 g/mol. The van der Waals surface area contributed by atoms with Gasteiger partial charge in [-0.25, -0.2) is 4.39 Å². The summed E-state index contributed by atoms with van der Waals surface area (Å²) in [7, 11) is 4.90. The van der Waals surface area contributed by atoms with Crippen molar-refractivity contribution in [1.29, 1.82) is 0 Å². The second-order valence-corrected chi connectivity index (χ2v) is 7.24. The molecular weight excluding hydrogens is 379 g/mol. The van der Waals surface area contributed by atoms with E-state index in [2.05, 4.69) is 10.5 Å². The maximum atomic E-state index is 13.8. The van der Waals surface area contributed by atoms with Crippen molar-refractivity contribution in [2.24, 2.45) is 0 Å². The number of rotatable bonds is 5. The summed E-state index contributed by atoms with van der Waals surface area (Å²) in [5.41, 5.74) is 0.787. The maximum Gasteiger partial charge on any atom is 0.261 e. The smallest absolute Gasteiger partial charge is 0.261 e. The molecule has 1 N–H and O–H groups in total. The van der Waals surface area contributed by atoms with E-state index in [0.29, 0.717) is 30.0 Å². The number of carbonyl (C=O) groups is 2. The summed E-state index contributed by atoms with van der Waals surface area (Å²) in [6, 6.07) is 4.16. The van der Waals surface area contributed by atoms with E-state index in [0.717, 1.165) is 12.8 Å². The van der Waals surface area contributed by atoms with Crippen molar-refractivity contribution < 1.29 is 23.2 Å². The van der Waals surface area contributed by atoms with Crippen molar-refractivity contribution in [3.8, 4) is 17.1 Å². The Morgan fingerprint density at radius 3 is 2.79 bits per heavy atom. The lowest BCUT2D eigenvalue weighted by atomic mass is 10.0. The van der Waals surface area contributed by atoms with Crippen molar-refractivity contribution in [2.45, 2.75) is 25.8 Å². The first-order valence-corrected chi connectivity index (χ1v) is 9.39. The van der Waals surface area contributed by atoms with Crippen LogP contribution in [0.3, 0.4) is 0 Å². The number of benzene rings is 1. The number of hydrogen-bond donors (Lipinski definition) is 1. The molecule has 1 aliphatic heterocycles. The number of likely N-dealkylation sites (tertiary alicyclic amines) is 1. The predicted octanol–water partition coefficient (Wildman–Crippen LogP) is 2.30. The maximum absolute atomic E-state index is 13.8. The SMILES string of the molecule is COc1cc(-c2onc(N(C)C)c2C(=O)N2CCCC(NC(C)=O)C2)ccc1F. The van der Waals surface area contributed by atoms with Crippen molar-refractivity contribution in [3.05, 3.63) is 29.6 Å². The van der Waals surface area contributed by atoms with Crippen molar-refractivity contribution in [3.63, 3.8) is 0 Å². The molecule has 2 amide bonds. The van der Waals surface area contributed by atoms with Crippen LogP contribution in [-0.2, 0) is 4.79 Å². The molecule has 1 unspecified atom stereocenters. The first kappa shape index (κ1) is 20.6. The van der Waals surface area contributed by atoms with E-state index in [1.807, 2.05) is 0 Å². The van der Waals surface area contributed by atoms with Gasteiger partial charge in [-0.15, -0.1) is 0 Å². The zero-order valence-corrected chi connectivity index (χ0v) is 17.0. The molecule has 8 nitrogen and oxygen atoms in total. The second kappa shape index (κ2) is 8.50. The summed E-state index contributed by atoms with van der Waals surface area (Å²) in [6.45, 7) is 2.44. The van der Waals surface area contributed by atoms with Gasteiger partial charge in [0.1, 0.15) is 5.56 Å². The third-order valence-electron chi connectivity index (χ3n) is 4.84. The number of anilines is 1. The third-order valence-corrected chi connectivity index (χ3v) is 4.84. The Morgan fingerprint density at radius 2 is 2.14 bits per heavy atom. The van der Waals surface area contributed by atoms with E-state index < -0.39 is 5.82 Å². The van der Waals surface area contributed by atoms with E-state index in [-0.39, 0.29) is 29.4 Å². The molecule has 1 saturated heterocycles. The first-order valence-electron chi connectivity index (χ1n) is 9.39. The Bertz CT molecular complexity index is 912. The standard InChI is InChI=1S/C20H25FN4O4/c1-12(26)22-14-6-5-9-25(11-14)20(27)17-18(29-23-19(17)24(2)3)13-7-8-15(21)16(10-13)28-4/h7-8,10,14H,5-6,9,11H2,1-4H3,(H,22,26). The van der Waals surface area contributed by atoms with E-state index in [1.165, 1.54) is 32.2 Å². The molecule has 1 aliphatic rings. The molecule has 3 rings (SSSR count). The molecule has 29 heavy (non-hydrogen) atoms. The van der Waals surface area contributed by atoms with E-state index in [9.17, 15) is 14.0 Å². The van der Waals surface area contributed by atoms with Gasteiger partial charge in [0.05, 0.1) is 7.11 Å². The van der Waals surface area contributed by atoms with Gasteiger partial charge in [0, 0.05) is 45.7 Å². The fourth-order valence-electron chi connectivity index (χ4n) is 3.50. The molecule has 1 aromatic carbocycles. The van der Waals surface area contributed by atoms with Gasteiger partial charge in [-0.1, -0.05) is 5.16 Å². The summed E-state index contributed by atoms with van der Waals surface area (Å²) in [5.74, 6) is -0.197. The molecule has 0 aliphatic carbocycles. The van der Waals surface area contributed by atoms with Crippen LogP contribution in [-0.4, -0.2) is 62.2 Å². The normalized spacial score (nSPS) is 16.4. The van der Waals surface area contributed by atoms with Gasteiger partial charge in [-0.05, 0) is 31.0 Å². The summed E-state index contributed by atoms with van der Waals surface area (Å²) in [4.78, 5) is 28.2. The lowest BCUT2D eigenvalue weighted by molar-refractivity contribution is -0.120. The highest BCUT2D eigenvalue weighted by Gasteiger charge is 2.32. The highest BCUT2D eigenvalue weighted by Crippen LogP contribution is 2.34. The molecule has 2 heterocycles. The molecule has 2 aromatic rings. The molecule has 1 fully saturated rings. The number of methoxy groups -OCH3 is 1. The average Bonchev–Trinajstić information content (AvgIpc) is 3.13. The van der Waals surface area contributed by atoms with Crippen LogP contribution in [0.4, 0.5) is 10.2 Å². The highest BCUT2D eigenvalue weighted by molar-refractivity contribution is 6.04. The van der Waals surface area contributed by atoms with Crippen LogP contribution < -0.4 is 15.0 Å². The fraction of sp³-hybridized carbons (Fsp3) is 0.450. The van der Waals surface area contributed by atoms with Crippen LogP contribution in [0.25, 0.3) is 11.3 Å². The number of nitrogens with one attached hydrogen (secondary N) is 1. The highest BCUT2D eigenvalue weighted by atomic mass is 19.1. The number of amides is 2. The Kier molecular flexibility index (Phi) is 6.05. The van der Waals surface area contributed by atoms with Crippen LogP contribution in [0, 0.1) is 5.82 Å². The van der Waals surface area contributed by atoms with Gasteiger partial charge >= 0.3 is 0 Å². The van der Waals surface area contributed by atoms with Crippen molar-refractivity contribution in [2.75, 3.05) is 39.2 Å². The fourth-order valence-corrected chi connectivity index (χ4v) is 3.50. The number of carbonyl (C=O) groups excluding carboxylic acids is 2. The Labute approximate surface area is 168 Å². The number of piperidine rings is 1. The molecule has 1 atom stereocenters. The monoisotopic (exact) mass is 404 g/mol. The topological polar surface area (TPSA) is 87.9 Å². The van der Waals surface area contributed by atoms with Crippen LogP contribution in [0.1, 0.15) is 30.1 Å². The van der Waals surface area contributed by atoms with Gasteiger partial charge in [0.2, 0.25) is 5.91 Å². The zero-order valence-electron chi connectivity index (χ0n) is 17.0. The number of ether oxygens (including phenoxy) is 1. The minimum absolute atomic E-state index is 0.0485. The van der Waals surface area contributed by atoms with Crippen LogP contribution >= 0.6 is 0 Å². The van der Waals surface area contributed by atoms with E-state index >= 15 is 0 Å². The van der Waals surface area contributed by atoms with E-state index in [4.69, 9.17) is 9.26 Å². The minimum atomic E-state index is -0.509. The molecule has 0 bridgehead atoms. The third kappa shape index (κ3) is 4.33.